The first-order valence-corrected chi connectivity index (χ1v) is 8.07. The molecule has 132 valence electrons. The number of ether oxygens (including phenoxy) is 1. The zero-order chi connectivity index (χ0) is 18.4. The van der Waals surface area contributed by atoms with E-state index in [0.717, 1.165) is 0 Å². The molecule has 2 aromatic carbocycles. The summed E-state index contributed by atoms with van der Waals surface area (Å²) in [5.41, 5.74) is 13.1. The van der Waals surface area contributed by atoms with Gasteiger partial charge in [0.15, 0.2) is 0 Å². The van der Waals surface area contributed by atoms with E-state index in [1.54, 1.807) is 48.5 Å². The molecular weight excluding hydrogens is 318 g/mol. The second kappa shape index (κ2) is 8.19. The Morgan fingerprint density at radius 1 is 0.960 bits per heavy atom. The summed E-state index contributed by atoms with van der Waals surface area (Å²) in [5.74, 6) is -0.751. The van der Waals surface area contributed by atoms with Crippen molar-refractivity contribution in [2.24, 2.45) is 5.92 Å². The van der Waals surface area contributed by atoms with E-state index >= 15 is 0 Å². The van der Waals surface area contributed by atoms with E-state index in [4.69, 9.17) is 16.2 Å². The molecule has 0 fully saturated rings. The van der Waals surface area contributed by atoms with Gasteiger partial charge >= 0.3 is 5.97 Å². The Morgan fingerprint density at radius 2 is 1.48 bits per heavy atom. The van der Waals surface area contributed by atoms with E-state index < -0.39 is 5.97 Å². The van der Waals surface area contributed by atoms with Gasteiger partial charge in [-0.3, -0.25) is 4.79 Å². The van der Waals surface area contributed by atoms with Crippen LogP contribution in [0.5, 0.6) is 0 Å². The number of hydrogen-bond acceptors (Lipinski definition) is 5. The van der Waals surface area contributed by atoms with E-state index in [2.05, 4.69) is 5.32 Å². The minimum atomic E-state index is -0.516. The number of para-hydroxylation sites is 2. The summed E-state index contributed by atoms with van der Waals surface area (Å²) in [6.07, 6.45) is 0. The molecule has 0 unspecified atom stereocenters. The Balaban J connectivity index is 2.02. The maximum absolute atomic E-state index is 12.4. The van der Waals surface area contributed by atoms with Gasteiger partial charge in [-0.1, -0.05) is 38.1 Å². The summed E-state index contributed by atoms with van der Waals surface area (Å²) < 4.78 is 5.33. The van der Waals surface area contributed by atoms with Crippen LogP contribution in [-0.2, 0) is 4.74 Å². The number of nitrogen functional groups attached to an aromatic ring is 2. The van der Waals surface area contributed by atoms with Crippen molar-refractivity contribution in [3.05, 3.63) is 59.7 Å². The number of anilines is 2. The van der Waals surface area contributed by atoms with Gasteiger partial charge in [-0.2, -0.15) is 0 Å². The Morgan fingerprint density at radius 3 is 2.00 bits per heavy atom. The molecular formula is C19H23N3O3. The molecule has 25 heavy (non-hydrogen) atoms. The van der Waals surface area contributed by atoms with Crippen LogP contribution in [0.3, 0.4) is 0 Å². The average molecular weight is 341 g/mol. The molecule has 6 nitrogen and oxygen atoms in total. The first-order valence-electron chi connectivity index (χ1n) is 8.07. The van der Waals surface area contributed by atoms with Gasteiger partial charge in [0, 0.05) is 11.4 Å². The Kier molecular flexibility index (Phi) is 6.00. The minimum Gasteiger partial charge on any atom is -0.460 e. The first kappa shape index (κ1) is 18.3. The molecule has 0 radical (unpaired) electrons. The number of benzene rings is 2. The molecule has 0 aliphatic rings. The molecule has 0 aliphatic heterocycles. The summed E-state index contributed by atoms with van der Waals surface area (Å²) in [4.78, 5) is 24.6. The number of rotatable bonds is 6. The van der Waals surface area contributed by atoms with Crippen molar-refractivity contribution in [1.29, 1.82) is 0 Å². The number of esters is 1. The van der Waals surface area contributed by atoms with Crippen LogP contribution in [0.4, 0.5) is 11.4 Å². The van der Waals surface area contributed by atoms with Crippen LogP contribution >= 0.6 is 0 Å². The van der Waals surface area contributed by atoms with E-state index in [-0.39, 0.29) is 24.5 Å². The van der Waals surface area contributed by atoms with Crippen molar-refractivity contribution >= 4 is 23.3 Å². The fraction of sp³-hybridized carbons (Fsp3) is 0.263. The molecule has 0 saturated carbocycles. The Bertz CT molecular complexity index is 759. The molecule has 2 aromatic rings. The Hall–Kier alpha value is -3.02. The van der Waals surface area contributed by atoms with Crippen molar-refractivity contribution in [1.82, 2.24) is 5.32 Å². The highest BCUT2D eigenvalue weighted by Gasteiger charge is 2.21. The van der Waals surface area contributed by atoms with Gasteiger partial charge in [-0.05, 0) is 30.2 Å². The van der Waals surface area contributed by atoms with Gasteiger partial charge in [0.2, 0.25) is 0 Å². The molecule has 0 saturated heterocycles. The highest BCUT2D eigenvalue weighted by Crippen LogP contribution is 2.14. The lowest BCUT2D eigenvalue weighted by molar-refractivity contribution is 0.0432. The Labute approximate surface area is 147 Å². The second-order valence-corrected chi connectivity index (χ2v) is 6.10. The topological polar surface area (TPSA) is 107 Å². The summed E-state index contributed by atoms with van der Waals surface area (Å²) in [7, 11) is 0. The third kappa shape index (κ3) is 4.73. The van der Waals surface area contributed by atoms with Crippen molar-refractivity contribution in [3.8, 4) is 0 Å². The lowest BCUT2D eigenvalue weighted by Gasteiger charge is -2.22. The maximum Gasteiger partial charge on any atom is 0.340 e. The predicted octanol–water partition coefficient (Wildman–Crippen LogP) is 2.46. The summed E-state index contributed by atoms with van der Waals surface area (Å²) in [5, 5.41) is 2.87. The SMILES string of the molecule is CC(C)[C@@H](COC(=O)c1ccccc1N)NC(=O)c1ccccc1N. The van der Waals surface area contributed by atoms with Crippen LogP contribution < -0.4 is 16.8 Å². The third-order valence-corrected chi connectivity index (χ3v) is 3.90. The van der Waals surface area contributed by atoms with Gasteiger partial charge < -0.3 is 21.5 Å². The van der Waals surface area contributed by atoms with Crippen molar-refractivity contribution in [2.45, 2.75) is 19.9 Å². The number of carbonyl (C=O) groups excluding carboxylic acids is 2. The van der Waals surface area contributed by atoms with Crippen molar-refractivity contribution < 1.29 is 14.3 Å². The van der Waals surface area contributed by atoms with E-state index in [0.29, 0.717) is 22.5 Å². The monoisotopic (exact) mass is 341 g/mol. The quantitative estimate of drug-likeness (QED) is 0.552. The van der Waals surface area contributed by atoms with Crippen LogP contribution in [0, 0.1) is 5.92 Å². The van der Waals surface area contributed by atoms with Crippen LogP contribution in [0.2, 0.25) is 0 Å². The van der Waals surface area contributed by atoms with Crippen LogP contribution in [0.15, 0.2) is 48.5 Å². The fourth-order valence-corrected chi connectivity index (χ4v) is 2.28. The maximum atomic E-state index is 12.4. The van der Waals surface area contributed by atoms with Crippen LogP contribution in [0.25, 0.3) is 0 Å². The standard InChI is InChI=1S/C19H23N3O3/c1-12(2)17(22-18(23)13-7-3-5-9-15(13)20)11-25-19(24)14-8-4-6-10-16(14)21/h3-10,12,17H,11,20-21H2,1-2H3,(H,22,23)/t17-/m1/s1. The summed E-state index contributed by atoms with van der Waals surface area (Å²) in [6.45, 7) is 3.91. The molecule has 6 heteroatoms. The number of carbonyl (C=O) groups is 2. The van der Waals surface area contributed by atoms with Gasteiger partial charge in [0.25, 0.3) is 5.91 Å². The van der Waals surface area contributed by atoms with Gasteiger partial charge in [0.1, 0.15) is 6.61 Å². The zero-order valence-corrected chi connectivity index (χ0v) is 14.4. The highest BCUT2D eigenvalue weighted by atomic mass is 16.5. The second-order valence-electron chi connectivity index (χ2n) is 6.10. The number of amides is 1. The van der Waals surface area contributed by atoms with Gasteiger partial charge in [0.05, 0.1) is 17.2 Å². The number of nitrogens with two attached hydrogens (primary N) is 2. The predicted molar refractivity (Wildman–Crippen MR) is 98.1 cm³/mol. The molecule has 0 spiro atoms. The van der Waals surface area contributed by atoms with Crippen LogP contribution in [0.1, 0.15) is 34.6 Å². The summed E-state index contributed by atoms with van der Waals surface area (Å²) >= 11 is 0. The fourth-order valence-electron chi connectivity index (χ4n) is 2.28. The van der Waals surface area contributed by atoms with Gasteiger partial charge in [-0.25, -0.2) is 4.79 Å². The molecule has 0 heterocycles. The molecule has 0 aromatic heterocycles. The van der Waals surface area contributed by atoms with Crippen LogP contribution in [-0.4, -0.2) is 24.5 Å². The van der Waals surface area contributed by atoms with Crippen molar-refractivity contribution in [2.75, 3.05) is 18.1 Å². The number of hydrogen-bond donors (Lipinski definition) is 3. The normalized spacial score (nSPS) is 11.8. The zero-order valence-electron chi connectivity index (χ0n) is 14.4. The minimum absolute atomic E-state index is 0.0450. The molecule has 2 rings (SSSR count). The molecule has 0 aliphatic carbocycles. The van der Waals surface area contributed by atoms with E-state index in [9.17, 15) is 9.59 Å². The van der Waals surface area contributed by atoms with Gasteiger partial charge in [-0.15, -0.1) is 0 Å². The lowest BCUT2D eigenvalue weighted by atomic mass is 10.0. The van der Waals surface area contributed by atoms with E-state index in [1.807, 2.05) is 13.8 Å². The van der Waals surface area contributed by atoms with E-state index in [1.165, 1.54) is 0 Å². The molecule has 0 bridgehead atoms. The third-order valence-electron chi connectivity index (χ3n) is 3.90. The lowest BCUT2D eigenvalue weighted by Crippen LogP contribution is -2.42. The average Bonchev–Trinajstić information content (AvgIpc) is 2.58. The molecule has 5 N–H and O–H groups in total. The molecule has 1 atom stereocenters. The smallest absolute Gasteiger partial charge is 0.340 e. The highest BCUT2D eigenvalue weighted by molar-refractivity contribution is 5.99. The first-order chi connectivity index (χ1) is 11.9. The van der Waals surface area contributed by atoms with Crippen molar-refractivity contribution in [3.63, 3.8) is 0 Å². The largest absolute Gasteiger partial charge is 0.460 e. The molecule has 1 amide bonds. The number of nitrogens with one attached hydrogen (secondary N) is 1. The summed E-state index contributed by atoms with van der Waals surface area (Å²) in [6, 6.07) is 13.2.